The Morgan fingerprint density at radius 3 is 1.54 bits per heavy atom. The minimum atomic E-state index is 0.555. The molecule has 0 saturated heterocycles. The van der Waals surface area contributed by atoms with E-state index in [9.17, 15) is 0 Å². The van der Waals surface area contributed by atoms with Crippen molar-refractivity contribution in [3.05, 3.63) is 176 Å². The number of para-hydroxylation sites is 3. The summed E-state index contributed by atoms with van der Waals surface area (Å²) in [4.78, 5) is 15.4. The van der Waals surface area contributed by atoms with E-state index in [-0.39, 0.29) is 0 Å². The number of fused-ring (bicyclic) bond motifs is 7. The summed E-state index contributed by atoms with van der Waals surface area (Å²) in [6, 6.07) is 60.3. The molecule has 0 amide bonds. The molecule has 0 aliphatic heterocycles. The zero-order valence-corrected chi connectivity index (χ0v) is 28.9. The van der Waals surface area contributed by atoms with E-state index in [1.54, 1.807) is 0 Å². The lowest BCUT2D eigenvalue weighted by molar-refractivity contribution is 0.669. The molecule has 54 heavy (non-hydrogen) atoms. The maximum Gasteiger partial charge on any atom is 0.167 e. The first-order valence-corrected chi connectivity index (χ1v) is 18.0. The van der Waals surface area contributed by atoms with Gasteiger partial charge in [-0.25, -0.2) is 15.0 Å². The summed E-state index contributed by atoms with van der Waals surface area (Å²) in [5.74, 6) is 1.74. The lowest BCUT2D eigenvalue weighted by Gasteiger charge is -2.14. The van der Waals surface area contributed by atoms with Gasteiger partial charge in [0.05, 0.1) is 5.56 Å². The summed E-state index contributed by atoms with van der Waals surface area (Å²) in [5.41, 5.74) is 10.4. The number of benzene rings is 8. The van der Waals surface area contributed by atoms with Crippen molar-refractivity contribution in [3.63, 3.8) is 0 Å². The molecule has 0 radical (unpaired) electrons. The molecule has 5 heteroatoms. The number of rotatable bonds is 5. The summed E-state index contributed by atoms with van der Waals surface area (Å²) in [6.45, 7) is 0. The van der Waals surface area contributed by atoms with Crippen molar-refractivity contribution in [2.24, 2.45) is 0 Å². The third-order valence-corrected chi connectivity index (χ3v) is 10.4. The normalized spacial score (nSPS) is 11.7. The monoisotopic (exact) mass is 691 g/mol. The maximum absolute atomic E-state index is 6.63. The van der Waals surface area contributed by atoms with Gasteiger partial charge in [-0.1, -0.05) is 146 Å². The molecule has 0 unspecified atom stereocenters. The maximum atomic E-state index is 6.63. The smallest absolute Gasteiger partial charge is 0.167 e. The van der Waals surface area contributed by atoms with Gasteiger partial charge in [0.15, 0.2) is 17.5 Å². The Morgan fingerprint density at radius 1 is 0.278 bits per heavy atom. The fourth-order valence-electron chi connectivity index (χ4n) is 7.88. The van der Waals surface area contributed by atoms with Gasteiger partial charge in [0.25, 0.3) is 0 Å². The van der Waals surface area contributed by atoms with Gasteiger partial charge in [-0.3, -0.25) is 0 Å². The quantitative estimate of drug-likeness (QED) is 0.180. The Kier molecular flexibility index (Phi) is 6.79. The second-order valence-corrected chi connectivity index (χ2v) is 13.5. The number of hydrogen-bond donors (Lipinski definition) is 0. The van der Waals surface area contributed by atoms with Crippen LogP contribution in [-0.4, -0.2) is 15.0 Å². The van der Waals surface area contributed by atoms with E-state index in [1.165, 1.54) is 0 Å². The molecule has 0 fully saturated rings. The Morgan fingerprint density at radius 2 is 0.778 bits per heavy atom. The fourth-order valence-corrected chi connectivity index (χ4v) is 7.88. The average Bonchev–Trinajstić information content (AvgIpc) is 3.83. The molecule has 11 rings (SSSR count). The molecule has 0 aliphatic carbocycles. The van der Waals surface area contributed by atoms with Crippen LogP contribution in [0.3, 0.4) is 0 Å². The SMILES string of the molecule is c1ccc(-c2nc(-c3ccc(-c4ccc(-c5ccccc5)c5oc6ccccc6c45)c4ccccc34)nc(-c3cccc4c3oc3ccccc34)n2)cc1. The van der Waals surface area contributed by atoms with E-state index in [2.05, 4.69) is 97.1 Å². The van der Waals surface area contributed by atoms with Gasteiger partial charge in [0.2, 0.25) is 0 Å². The highest BCUT2D eigenvalue weighted by molar-refractivity contribution is 6.19. The van der Waals surface area contributed by atoms with Crippen LogP contribution in [0.4, 0.5) is 0 Å². The van der Waals surface area contributed by atoms with Crippen LogP contribution in [0, 0.1) is 0 Å². The third-order valence-electron chi connectivity index (χ3n) is 10.4. The van der Waals surface area contributed by atoms with Crippen LogP contribution in [0.25, 0.3) is 111 Å². The lowest BCUT2D eigenvalue weighted by Crippen LogP contribution is -2.01. The molecule has 3 aromatic heterocycles. The molecular weight excluding hydrogens is 663 g/mol. The first-order chi connectivity index (χ1) is 26.8. The van der Waals surface area contributed by atoms with Gasteiger partial charge in [-0.05, 0) is 57.8 Å². The molecule has 0 saturated carbocycles. The number of aromatic nitrogens is 3. The van der Waals surface area contributed by atoms with Crippen molar-refractivity contribution in [2.75, 3.05) is 0 Å². The summed E-state index contributed by atoms with van der Waals surface area (Å²) >= 11 is 0. The second-order valence-electron chi connectivity index (χ2n) is 13.5. The van der Waals surface area contributed by atoms with Gasteiger partial charge in [0, 0.05) is 38.2 Å². The fraction of sp³-hybridized carbons (Fsp3) is 0. The lowest BCUT2D eigenvalue weighted by atomic mass is 9.90. The van der Waals surface area contributed by atoms with Crippen LogP contribution < -0.4 is 0 Å². The Bertz CT molecular complexity index is 3220. The van der Waals surface area contributed by atoms with Crippen molar-refractivity contribution in [1.82, 2.24) is 15.0 Å². The minimum absolute atomic E-state index is 0.555. The summed E-state index contributed by atoms with van der Waals surface area (Å²) < 4.78 is 13.1. The Hall–Kier alpha value is -7.37. The van der Waals surface area contributed by atoms with Gasteiger partial charge in [-0.2, -0.15) is 0 Å². The number of furan rings is 2. The zero-order chi connectivity index (χ0) is 35.6. The Balaban J connectivity index is 1.15. The van der Waals surface area contributed by atoms with Gasteiger partial charge < -0.3 is 8.83 Å². The van der Waals surface area contributed by atoms with Crippen molar-refractivity contribution >= 4 is 54.6 Å². The number of nitrogens with zero attached hydrogens (tertiary/aromatic N) is 3. The van der Waals surface area contributed by atoms with E-state index in [0.717, 1.165) is 93.6 Å². The molecule has 0 aliphatic rings. The predicted octanol–water partition coefficient (Wildman–Crippen LogP) is 13.2. The first-order valence-electron chi connectivity index (χ1n) is 18.0. The largest absolute Gasteiger partial charge is 0.455 e. The minimum Gasteiger partial charge on any atom is -0.455 e. The van der Waals surface area contributed by atoms with E-state index < -0.39 is 0 Å². The topological polar surface area (TPSA) is 65.0 Å². The van der Waals surface area contributed by atoms with Crippen molar-refractivity contribution < 1.29 is 8.83 Å². The third kappa shape index (κ3) is 4.76. The molecule has 0 bridgehead atoms. The number of hydrogen-bond acceptors (Lipinski definition) is 5. The summed E-state index contributed by atoms with van der Waals surface area (Å²) in [5, 5.41) is 6.40. The van der Waals surface area contributed by atoms with E-state index >= 15 is 0 Å². The predicted molar refractivity (Wildman–Crippen MR) is 219 cm³/mol. The average molecular weight is 692 g/mol. The molecule has 252 valence electrons. The second kappa shape index (κ2) is 12.1. The van der Waals surface area contributed by atoms with Crippen LogP contribution in [0.2, 0.25) is 0 Å². The van der Waals surface area contributed by atoms with Crippen LogP contribution in [0.15, 0.2) is 185 Å². The zero-order valence-electron chi connectivity index (χ0n) is 28.9. The van der Waals surface area contributed by atoms with Gasteiger partial charge in [0.1, 0.15) is 22.3 Å². The van der Waals surface area contributed by atoms with Gasteiger partial charge in [-0.15, -0.1) is 0 Å². The van der Waals surface area contributed by atoms with E-state index in [4.69, 9.17) is 23.8 Å². The molecule has 0 N–H and O–H groups in total. The van der Waals surface area contributed by atoms with Crippen molar-refractivity contribution in [2.45, 2.75) is 0 Å². The highest BCUT2D eigenvalue weighted by Gasteiger charge is 2.22. The standard InChI is InChI=1S/C49H29N3O2/c1-3-14-30(15-4-1)32-26-28-37(44-40-21-10-12-25-43(40)54-46(32)44)35-27-29-39(34-19-8-7-18-33(34)35)48-50-47(31-16-5-2-6-17-31)51-49(52-48)41-23-13-22-38-36-20-9-11-24-42(36)53-45(38)41/h1-29H. The molecule has 11 aromatic rings. The molecule has 8 aromatic carbocycles. The molecular formula is C49H29N3O2. The molecule has 3 heterocycles. The van der Waals surface area contributed by atoms with Crippen LogP contribution >= 0.6 is 0 Å². The van der Waals surface area contributed by atoms with Gasteiger partial charge >= 0.3 is 0 Å². The molecule has 5 nitrogen and oxygen atoms in total. The molecule has 0 atom stereocenters. The van der Waals surface area contributed by atoms with Crippen molar-refractivity contribution in [1.29, 1.82) is 0 Å². The highest BCUT2D eigenvalue weighted by atomic mass is 16.3. The highest BCUT2D eigenvalue weighted by Crippen LogP contribution is 2.45. The van der Waals surface area contributed by atoms with Crippen LogP contribution in [0.1, 0.15) is 0 Å². The van der Waals surface area contributed by atoms with E-state index in [0.29, 0.717) is 17.5 Å². The van der Waals surface area contributed by atoms with Crippen molar-refractivity contribution in [3.8, 4) is 56.4 Å². The molecule has 0 spiro atoms. The summed E-state index contributed by atoms with van der Waals surface area (Å²) in [7, 11) is 0. The summed E-state index contributed by atoms with van der Waals surface area (Å²) in [6.07, 6.45) is 0. The first kappa shape index (κ1) is 30.3. The Labute approximate surface area is 309 Å². The van der Waals surface area contributed by atoms with Crippen LogP contribution in [0.5, 0.6) is 0 Å². The van der Waals surface area contributed by atoms with E-state index in [1.807, 2.05) is 78.9 Å². The van der Waals surface area contributed by atoms with Crippen LogP contribution in [-0.2, 0) is 0 Å².